The molecule has 0 saturated carbocycles. The van der Waals surface area contributed by atoms with E-state index < -0.39 is 9.84 Å². The van der Waals surface area contributed by atoms with Crippen molar-refractivity contribution in [3.8, 4) is 0 Å². The lowest BCUT2D eigenvalue weighted by molar-refractivity contribution is 0.590. The minimum Gasteiger partial charge on any atom is -0.228 e. The van der Waals surface area contributed by atoms with Crippen LogP contribution in [0.3, 0.4) is 0 Å². The predicted octanol–water partition coefficient (Wildman–Crippen LogP) is 0.601. The van der Waals surface area contributed by atoms with Crippen LogP contribution in [-0.4, -0.2) is 24.1 Å². The third-order valence-corrected chi connectivity index (χ3v) is 3.69. The molecule has 0 radical (unpaired) electrons. The highest BCUT2D eigenvalue weighted by atomic mass is 35.5. The van der Waals surface area contributed by atoms with E-state index in [1.165, 1.54) is 0 Å². The summed E-state index contributed by atoms with van der Waals surface area (Å²) < 4.78 is 22.4. The van der Waals surface area contributed by atoms with E-state index in [0.717, 1.165) is 5.56 Å². The second-order valence-electron chi connectivity index (χ2n) is 2.95. The van der Waals surface area contributed by atoms with Crippen LogP contribution >= 0.6 is 11.6 Å². The van der Waals surface area contributed by atoms with Crippen molar-refractivity contribution in [3.63, 3.8) is 0 Å². The Kier molecular flexibility index (Phi) is 2.00. The summed E-state index contributed by atoms with van der Waals surface area (Å²) in [6.07, 6.45) is 2.09. The fraction of sp³-hybridized carbons (Fsp3) is 0.429. The molecule has 0 unspecified atom stereocenters. The summed E-state index contributed by atoms with van der Waals surface area (Å²) in [5.74, 6) is 0.176. The molecule has 2 rings (SSSR count). The van der Waals surface area contributed by atoms with Crippen molar-refractivity contribution in [2.75, 3.05) is 5.75 Å². The molecule has 0 saturated heterocycles. The van der Waals surface area contributed by atoms with E-state index in [-0.39, 0.29) is 16.8 Å². The van der Waals surface area contributed by atoms with Crippen molar-refractivity contribution in [2.45, 2.75) is 12.2 Å². The van der Waals surface area contributed by atoms with Crippen molar-refractivity contribution < 1.29 is 8.42 Å². The topological polar surface area (TPSA) is 59.9 Å². The smallest absolute Gasteiger partial charge is 0.222 e. The summed E-state index contributed by atoms with van der Waals surface area (Å²) in [6.45, 7) is 0. The summed E-state index contributed by atoms with van der Waals surface area (Å²) in [7, 11) is -2.96. The van der Waals surface area contributed by atoms with E-state index in [4.69, 9.17) is 11.6 Å². The number of hydrogen-bond acceptors (Lipinski definition) is 4. The van der Waals surface area contributed by atoms with Gasteiger partial charge in [-0.1, -0.05) is 0 Å². The van der Waals surface area contributed by atoms with Gasteiger partial charge < -0.3 is 0 Å². The summed E-state index contributed by atoms with van der Waals surface area (Å²) in [4.78, 5) is 7.68. The van der Waals surface area contributed by atoms with Crippen LogP contribution < -0.4 is 0 Å². The maximum atomic E-state index is 11.2. The molecule has 1 aromatic rings. The molecule has 0 bridgehead atoms. The summed E-state index contributed by atoms with van der Waals surface area (Å²) in [5, 5.41) is 0.107. The van der Waals surface area contributed by atoms with Crippen molar-refractivity contribution >= 4 is 21.4 Å². The van der Waals surface area contributed by atoms with E-state index in [1.54, 1.807) is 6.20 Å². The first-order valence-corrected chi connectivity index (χ1v) is 5.97. The Balaban J connectivity index is 2.50. The molecule has 70 valence electrons. The monoisotopic (exact) mass is 218 g/mol. The molecule has 1 aliphatic heterocycles. The number of hydrogen-bond donors (Lipinski definition) is 0. The second kappa shape index (κ2) is 2.92. The van der Waals surface area contributed by atoms with E-state index in [9.17, 15) is 8.42 Å². The molecule has 4 nitrogen and oxygen atoms in total. The first-order valence-electron chi connectivity index (χ1n) is 3.77. The normalized spacial score (nSPS) is 19.5. The molecule has 1 aliphatic rings. The molecule has 0 N–H and O–H groups in total. The number of fused-ring (bicyclic) bond motifs is 1. The van der Waals surface area contributed by atoms with Crippen LogP contribution in [0.2, 0.25) is 5.28 Å². The van der Waals surface area contributed by atoms with Gasteiger partial charge >= 0.3 is 0 Å². The Bertz CT molecular complexity index is 444. The van der Waals surface area contributed by atoms with Gasteiger partial charge in [-0.05, 0) is 23.6 Å². The molecule has 0 amide bonds. The van der Waals surface area contributed by atoms with E-state index in [2.05, 4.69) is 9.97 Å². The predicted molar refractivity (Wildman–Crippen MR) is 48.2 cm³/mol. The first kappa shape index (κ1) is 8.90. The number of rotatable bonds is 0. The van der Waals surface area contributed by atoms with Gasteiger partial charge in [0.05, 0.1) is 17.2 Å². The third-order valence-electron chi connectivity index (χ3n) is 1.96. The standard InChI is InChI=1S/C7H7ClN2O2S/c8-7-9-3-5-1-2-13(11,12)4-6(5)10-7/h3H,1-2,4H2. The van der Waals surface area contributed by atoms with Crippen LogP contribution in [0, 0.1) is 0 Å². The summed E-state index contributed by atoms with van der Waals surface area (Å²) >= 11 is 5.55. The zero-order valence-corrected chi connectivity index (χ0v) is 8.27. The Morgan fingerprint density at radius 3 is 3.00 bits per heavy atom. The number of aryl methyl sites for hydroxylation is 1. The average molecular weight is 219 g/mol. The molecule has 2 heterocycles. The Morgan fingerprint density at radius 2 is 2.23 bits per heavy atom. The molecule has 0 atom stereocenters. The lowest BCUT2D eigenvalue weighted by Crippen LogP contribution is -2.20. The Labute approximate surface area is 80.9 Å². The third kappa shape index (κ3) is 1.81. The van der Waals surface area contributed by atoms with E-state index >= 15 is 0 Å². The molecule has 0 spiro atoms. The van der Waals surface area contributed by atoms with Crippen molar-refractivity contribution in [2.24, 2.45) is 0 Å². The van der Waals surface area contributed by atoms with Gasteiger partial charge in [0.25, 0.3) is 0 Å². The Morgan fingerprint density at radius 1 is 1.46 bits per heavy atom. The maximum absolute atomic E-state index is 11.2. The minimum absolute atomic E-state index is 0.00935. The average Bonchev–Trinajstić information content (AvgIpc) is 2.01. The minimum atomic E-state index is -2.96. The number of nitrogens with zero attached hydrogens (tertiary/aromatic N) is 2. The number of aromatic nitrogens is 2. The molecule has 13 heavy (non-hydrogen) atoms. The van der Waals surface area contributed by atoms with Crippen LogP contribution in [-0.2, 0) is 22.0 Å². The molecular weight excluding hydrogens is 212 g/mol. The van der Waals surface area contributed by atoms with Crippen molar-refractivity contribution in [1.29, 1.82) is 0 Å². The van der Waals surface area contributed by atoms with Crippen LogP contribution in [0.4, 0.5) is 0 Å². The molecule has 6 heteroatoms. The number of sulfone groups is 1. The SMILES string of the molecule is O=S1(=O)CCc2cnc(Cl)nc2C1. The quantitative estimate of drug-likeness (QED) is 0.599. The maximum Gasteiger partial charge on any atom is 0.222 e. The van der Waals surface area contributed by atoms with Crippen LogP contribution in [0.1, 0.15) is 11.3 Å². The van der Waals surface area contributed by atoms with Crippen LogP contribution in [0.5, 0.6) is 0 Å². The van der Waals surface area contributed by atoms with Gasteiger partial charge in [-0.2, -0.15) is 0 Å². The molecular formula is C7H7ClN2O2S. The van der Waals surface area contributed by atoms with E-state index in [1.807, 2.05) is 0 Å². The molecule has 0 aliphatic carbocycles. The van der Waals surface area contributed by atoms with Gasteiger partial charge in [0.1, 0.15) is 0 Å². The molecule has 1 aromatic heterocycles. The van der Waals surface area contributed by atoms with E-state index in [0.29, 0.717) is 12.1 Å². The summed E-state index contributed by atoms with van der Waals surface area (Å²) in [5.41, 5.74) is 1.44. The zero-order valence-electron chi connectivity index (χ0n) is 6.70. The van der Waals surface area contributed by atoms with Gasteiger partial charge in [0.15, 0.2) is 9.84 Å². The highest BCUT2D eigenvalue weighted by Crippen LogP contribution is 2.18. The fourth-order valence-corrected chi connectivity index (χ4v) is 2.79. The summed E-state index contributed by atoms with van der Waals surface area (Å²) in [6, 6.07) is 0. The van der Waals surface area contributed by atoms with Gasteiger partial charge in [0.2, 0.25) is 5.28 Å². The van der Waals surface area contributed by atoms with Gasteiger partial charge in [0, 0.05) is 6.20 Å². The van der Waals surface area contributed by atoms with Gasteiger partial charge in [-0.25, -0.2) is 18.4 Å². The van der Waals surface area contributed by atoms with Gasteiger partial charge in [-0.3, -0.25) is 0 Å². The van der Waals surface area contributed by atoms with Gasteiger partial charge in [-0.15, -0.1) is 0 Å². The fourth-order valence-electron chi connectivity index (χ4n) is 1.30. The second-order valence-corrected chi connectivity index (χ2v) is 5.48. The Hall–Kier alpha value is -0.680. The first-order chi connectivity index (χ1) is 6.07. The lowest BCUT2D eigenvalue weighted by Gasteiger charge is -2.13. The molecule has 0 fully saturated rings. The largest absolute Gasteiger partial charge is 0.228 e. The lowest BCUT2D eigenvalue weighted by atomic mass is 10.2. The van der Waals surface area contributed by atoms with Crippen LogP contribution in [0.15, 0.2) is 6.20 Å². The highest BCUT2D eigenvalue weighted by molar-refractivity contribution is 7.90. The van der Waals surface area contributed by atoms with Crippen molar-refractivity contribution in [3.05, 3.63) is 22.7 Å². The number of halogens is 1. The molecule has 0 aromatic carbocycles. The van der Waals surface area contributed by atoms with Crippen LogP contribution in [0.25, 0.3) is 0 Å². The van der Waals surface area contributed by atoms with Crippen molar-refractivity contribution in [1.82, 2.24) is 9.97 Å². The highest BCUT2D eigenvalue weighted by Gasteiger charge is 2.22. The zero-order chi connectivity index (χ0) is 9.47.